The van der Waals surface area contributed by atoms with Gasteiger partial charge in [0.25, 0.3) is 0 Å². The fourth-order valence-electron chi connectivity index (χ4n) is 4.11. The monoisotopic (exact) mass is 356 g/mol. The van der Waals surface area contributed by atoms with Gasteiger partial charge in [0.05, 0.1) is 0 Å². The number of anilines is 1. The molecule has 8 heteroatoms. The summed E-state index contributed by atoms with van der Waals surface area (Å²) in [6.07, 6.45) is 5.23. The van der Waals surface area contributed by atoms with Gasteiger partial charge in [0, 0.05) is 44.2 Å². The highest BCUT2D eigenvalue weighted by molar-refractivity contribution is 5.91. The number of benzene rings is 1. The zero-order valence-electron chi connectivity index (χ0n) is 14.9. The van der Waals surface area contributed by atoms with Crippen molar-refractivity contribution in [1.82, 2.24) is 25.2 Å². The molecule has 0 radical (unpaired) electrons. The molecule has 1 aliphatic heterocycles. The Kier molecular flexibility index (Phi) is 4.48. The number of carbonyl (C=O) groups excluding carboxylic acids is 2. The first-order valence-corrected chi connectivity index (χ1v) is 9.22. The normalized spacial score (nSPS) is 20.9. The lowest BCUT2D eigenvalue weighted by molar-refractivity contribution is -0.129. The summed E-state index contributed by atoms with van der Waals surface area (Å²) in [4.78, 5) is 28.5. The van der Waals surface area contributed by atoms with Crippen LogP contribution < -0.4 is 5.32 Å². The molecule has 1 saturated heterocycles. The second kappa shape index (κ2) is 6.93. The number of aromatic nitrogens is 3. The van der Waals surface area contributed by atoms with Gasteiger partial charge in [-0.05, 0) is 31.0 Å². The van der Waals surface area contributed by atoms with Crippen LogP contribution in [-0.2, 0) is 4.79 Å². The minimum atomic E-state index is -0.181. The third kappa shape index (κ3) is 3.36. The Bertz CT molecular complexity index is 813. The molecule has 1 aromatic heterocycles. The van der Waals surface area contributed by atoms with Gasteiger partial charge in [0.2, 0.25) is 5.91 Å². The standard InChI is InChI=1S/C18H24N6O2/c1-23(10-12-8-17(25)24(11-12)14-4-2-3-5-14)18(26)19-13-6-7-15-16(9-13)21-22-20-15/h6-7,9,12,14H,2-5,8,10-11H2,1H3,(H,19,26)(H,20,21,22)/t12-/m1/s1. The Labute approximate surface area is 151 Å². The molecule has 3 amide bonds. The van der Waals surface area contributed by atoms with Crippen molar-refractivity contribution in [3.8, 4) is 0 Å². The third-order valence-corrected chi connectivity index (χ3v) is 5.45. The van der Waals surface area contributed by atoms with Crippen LogP contribution in [0.15, 0.2) is 18.2 Å². The van der Waals surface area contributed by atoms with Gasteiger partial charge in [-0.25, -0.2) is 4.79 Å². The minimum Gasteiger partial charge on any atom is -0.339 e. The average Bonchev–Trinajstić information content (AvgIpc) is 3.34. The molecule has 0 spiro atoms. The summed E-state index contributed by atoms with van der Waals surface area (Å²) < 4.78 is 0. The molecule has 2 heterocycles. The Hall–Kier alpha value is -2.64. The van der Waals surface area contributed by atoms with Crippen LogP contribution >= 0.6 is 0 Å². The third-order valence-electron chi connectivity index (χ3n) is 5.45. The maximum atomic E-state index is 12.5. The molecule has 0 unspecified atom stereocenters. The first-order valence-electron chi connectivity index (χ1n) is 9.22. The number of nitrogens with zero attached hydrogens (tertiary/aromatic N) is 4. The van der Waals surface area contributed by atoms with Gasteiger partial charge in [-0.1, -0.05) is 12.8 Å². The van der Waals surface area contributed by atoms with E-state index in [4.69, 9.17) is 0 Å². The maximum Gasteiger partial charge on any atom is 0.321 e. The van der Waals surface area contributed by atoms with E-state index in [1.54, 1.807) is 24.1 Å². The molecule has 2 aromatic rings. The van der Waals surface area contributed by atoms with Crippen LogP contribution in [0.4, 0.5) is 10.5 Å². The highest BCUT2D eigenvalue weighted by Gasteiger charge is 2.36. The minimum absolute atomic E-state index is 0.181. The Morgan fingerprint density at radius 2 is 2.08 bits per heavy atom. The molecule has 1 saturated carbocycles. The summed E-state index contributed by atoms with van der Waals surface area (Å²) in [5, 5.41) is 13.5. The zero-order chi connectivity index (χ0) is 18.1. The maximum absolute atomic E-state index is 12.5. The number of carbonyl (C=O) groups is 2. The van der Waals surface area contributed by atoms with Crippen LogP contribution in [0.5, 0.6) is 0 Å². The van der Waals surface area contributed by atoms with Crippen molar-refractivity contribution in [3.05, 3.63) is 18.2 Å². The first kappa shape index (κ1) is 16.8. The number of hydrogen-bond donors (Lipinski definition) is 2. The smallest absolute Gasteiger partial charge is 0.321 e. The predicted molar refractivity (Wildman–Crippen MR) is 97.6 cm³/mol. The quantitative estimate of drug-likeness (QED) is 0.878. The van der Waals surface area contributed by atoms with E-state index < -0.39 is 0 Å². The zero-order valence-corrected chi connectivity index (χ0v) is 14.9. The van der Waals surface area contributed by atoms with Crippen molar-refractivity contribution in [2.45, 2.75) is 38.1 Å². The summed E-state index contributed by atoms with van der Waals surface area (Å²) in [6.45, 7) is 1.35. The molecule has 138 valence electrons. The fraction of sp³-hybridized carbons (Fsp3) is 0.556. The number of likely N-dealkylation sites (tertiary alicyclic amines) is 1. The van der Waals surface area contributed by atoms with Gasteiger partial charge in [-0.2, -0.15) is 15.4 Å². The van der Waals surface area contributed by atoms with Crippen LogP contribution in [0.3, 0.4) is 0 Å². The Morgan fingerprint density at radius 1 is 1.31 bits per heavy atom. The second-order valence-corrected chi connectivity index (χ2v) is 7.39. The topological polar surface area (TPSA) is 94.2 Å². The SMILES string of the molecule is CN(C[C@H]1CC(=O)N(C2CCCC2)C1)C(=O)Nc1ccc2n[nH]nc2c1. The average molecular weight is 356 g/mol. The molecule has 1 aliphatic carbocycles. The van der Waals surface area contributed by atoms with Crippen molar-refractivity contribution in [2.75, 3.05) is 25.5 Å². The molecular weight excluding hydrogens is 332 g/mol. The lowest BCUT2D eigenvalue weighted by Crippen LogP contribution is -2.37. The summed E-state index contributed by atoms with van der Waals surface area (Å²) in [5.41, 5.74) is 2.14. The number of urea groups is 1. The number of amides is 3. The van der Waals surface area contributed by atoms with Crippen molar-refractivity contribution in [2.24, 2.45) is 5.92 Å². The Morgan fingerprint density at radius 3 is 2.88 bits per heavy atom. The second-order valence-electron chi connectivity index (χ2n) is 7.39. The van der Waals surface area contributed by atoms with Gasteiger partial charge in [0.15, 0.2) is 0 Å². The van der Waals surface area contributed by atoms with Crippen molar-refractivity contribution < 1.29 is 9.59 Å². The highest BCUT2D eigenvalue weighted by Crippen LogP contribution is 2.29. The number of fused-ring (bicyclic) bond motifs is 1. The van der Waals surface area contributed by atoms with Gasteiger partial charge < -0.3 is 15.1 Å². The number of aromatic amines is 1. The lowest BCUT2D eigenvalue weighted by atomic mass is 10.1. The van der Waals surface area contributed by atoms with E-state index >= 15 is 0 Å². The number of hydrogen-bond acceptors (Lipinski definition) is 4. The molecule has 2 fully saturated rings. The summed E-state index contributed by atoms with van der Waals surface area (Å²) in [5.74, 6) is 0.448. The van der Waals surface area contributed by atoms with E-state index in [9.17, 15) is 9.59 Å². The summed E-state index contributed by atoms with van der Waals surface area (Å²) in [6, 6.07) is 5.63. The molecule has 1 aromatic carbocycles. The van der Waals surface area contributed by atoms with E-state index in [0.717, 1.165) is 24.9 Å². The molecule has 4 rings (SSSR count). The van der Waals surface area contributed by atoms with E-state index in [0.29, 0.717) is 30.2 Å². The van der Waals surface area contributed by atoms with Gasteiger partial charge >= 0.3 is 6.03 Å². The van der Waals surface area contributed by atoms with E-state index in [-0.39, 0.29) is 17.9 Å². The van der Waals surface area contributed by atoms with Gasteiger partial charge in [-0.15, -0.1) is 0 Å². The van der Waals surface area contributed by atoms with Gasteiger partial charge in [-0.3, -0.25) is 4.79 Å². The van der Waals surface area contributed by atoms with Crippen LogP contribution in [0.1, 0.15) is 32.1 Å². The molecule has 2 N–H and O–H groups in total. The lowest BCUT2D eigenvalue weighted by Gasteiger charge is -2.25. The molecule has 2 aliphatic rings. The van der Waals surface area contributed by atoms with E-state index in [1.165, 1.54) is 12.8 Å². The fourth-order valence-corrected chi connectivity index (χ4v) is 4.11. The van der Waals surface area contributed by atoms with Crippen molar-refractivity contribution in [3.63, 3.8) is 0 Å². The number of nitrogens with one attached hydrogen (secondary N) is 2. The molecular formula is C18H24N6O2. The summed E-state index contributed by atoms with van der Waals surface area (Å²) >= 11 is 0. The van der Waals surface area contributed by atoms with Crippen LogP contribution in [0.2, 0.25) is 0 Å². The molecule has 0 bridgehead atoms. The molecule has 1 atom stereocenters. The molecule has 26 heavy (non-hydrogen) atoms. The van der Waals surface area contributed by atoms with Crippen LogP contribution in [-0.4, -0.2) is 63.3 Å². The van der Waals surface area contributed by atoms with Crippen molar-refractivity contribution >= 4 is 28.7 Å². The predicted octanol–water partition coefficient (Wildman–Crippen LogP) is 2.21. The van der Waals surface area contributed by atoms with E-state index in [2.05, 4.69) is 20.7 Å². The largest absolute Gasteiger partial charge is 0.339 e. The van der Waals surface area contributed by atoms with Gasteiger partial charge in [0.1, 0.15) is 11.0 Å². The van der Waals surface area contributed by atoms with E-state index in [1.807, 2.05) is 11.0 Å². The summed E-state index contributed by atoms with van der Waals surface area (Å²) in [7, 11) is 1.77. The number of H-pyrrole nitrogens is 1. The van der Waals surface area contributed by atoms with Crippen LogP contribution in [0.25, 0.3) is 11.0 Å². The van der Waals surface area contributed by atoms with Crippen LogP contribution in [0, 0.1) is 5.92 Å². The number of rotatable bonds is 4. The molecule has 8 nitrogen and oxygen atoms in total. The van der Waals surface area contributed by atoms with Crippen molar-refractivity contribution in [1.29, 1.82) is 0 Å². The highest BCUT2D eigenvalue weighted by atomic mass is 16.2. The Balaban J connectivity index is 1.33. The first-order chi connectivity index (χ1) is 12.6.